The number of hydrazone groups is 2. The lowest BCUT2D eigenvalue weighted by Gasteiger charge is -2.07. The zero-order chi connectivity index (χ0) is 23.3. The fourth-order valence-corrected chi connectivity index (χ4v) is 2.52. The van der Waals surface area contributed by atoms with E-state index in [1.165, 1.54) is 12.4 Å². The summed E-state index contributed by atoms with van der Waals surface area (Å²) in [4.78, 5) is 23.7. The van der Waals surface area contributed by atoms with E-state index < -0.39 is 11.8 Å². The van der Waals surface area contributed by atoms with Crippen molar-refractivity contribution in [3.8, 4) is 23.0 Å². The number of nitrogens with one attached hydrogen (secondary N) is 2. The number of phenols is 2. The highest BCUT2D eigenvalue weighted by molar-refractivity contribution is 5.88. The quantitative estimate of drug-likeness (QED) is 0.311. The number of carbonyl (C=O) groups is 2. The predicted octanol–water partition coefficient (Wildman–Crippen LogP) is 2.28. The summed E-state index contributed by atoms with van der Waals surface area (Å²) < 4.78 is 10.6. The Morgan fingerprint density at radius 1 is 0.812 bits per heavy atom. The van der Waals surface area contributed by atoms with Gasteiger partial charge >= 0.3 is 0 Å². The average Bonchev–Trinajstić information content (AvgIpc) is 2.77. The van der Waals surface area contributed by atoms with E-state index in [2.05, 4.69) is 21.1 Å². The standard InChI is InChI=1S/C22H26N4O6/c1-3-31-17-9-5-7-15(21(17)29)13-23-25-19(27)11-12-20(28)26-24-14-16-8-6-10-18(22(16)30)32-4-2/h5-10,13-14,29-30H,3-4,11-12H2,1-2H3,(H,25,27)(H,26,28)/b23-13+,24-14+. The first-order valence-electron chi connectivity index (χ1n) is 9.99. The number of ether oxygens (including phenoxy) is 2. The molecule has 2 amide bonds. The summed E-state index contributed by atoms with van der Waals surface area (Å²) in [6.45, 7) is 4.40. The second kappa shape index (κ2) is 12.6. The first kappa shape index (κ1) is 24.2. The Hall–Kier alpha value is -4.08. The zero-order valence-electron chi connectivity index (χ0n) is 17.9. The van der Waals surface area contributed by atoms with Crippen molar-refractivity contribution in [3.63, 3.8) is 0 Å². The van der Waals surface area contributed by atoms with Crippen molar-refractivity contribution in [1.82, 2.24) is 10.9 Å². The molecular weight excluding hydrogens is 416 g/mol. The minimum atomic E-state index is -0.483. The van der Waals surface area contributed by atoms with Crippen molar-refractivity contribution in [2.45, 2.75) is 26.7 Å². The molecule has 2 rings (SSSR count). The Bertz CT molecular complexity index is 911. The van der Waals surface area contributed by atoms with Crippen LogP contribution in [0.5, 0.6) is 23.0 Å². The fraction of sp³-hybridized carbons (Fsp3) is 0.273. The summed E-state index contributed by atoms with van der Waals surface area (Å²) in [7, 11) is 0. The lowest BCUT2D eigenvalue weighted by molar-refractivity contribution is -0.126. The molecule has 0 saturated carbocycles. The van der Waals surface area contributed by atoms with Gasteiger partial charge in [0.05, 0.1) is 25.6 Å². The molecule has 0 bridgehead atoms. The number of benzene rings is 2. The number of nitrogens with zero attached hydrogens (tertiary/aromatic N) is 2. The van der Waals surface area contributed by atoms with Crippen LogP contribution in [0.25, 0.3) is 0 Å². The number of amides is 2. The largest absolute Gasteiger partial charge is 0.504 e. The molecule has 0 radical (unpaired) electrons. The lowest BCUT2D eigenvalue weighted by Crippen LogP contribution is -2.22. The number of hydrogen-bond acceptors (Lipinski definition) is 8. The average molecular weight is 442 g/mol. The van der Waals surface area contributed by atoms with E-state index in [9.17, 15) is 19.8 Å². The Labute approximate surface area is 185 Å². The molecule has 0 aliphatic carbocycles. The van der Waals surface area contributed by atoms with Gasteiger partial charge in [0.15, 0.2) is 23.0 Å². The predicted molar refractivity (Wildman–Crippen MR) is 119 cm³/mol. The third-order valence-corrected chi connectivity index (χ3v) is 4.03. The molecule has 0 atom stereocenters. The topological polar surface area (TPSA) is 142 Å². The third-order valence-electron chi connectivity index (χ3n) is 4.03. The monoisotopic (exact) mass is 442 g/mol. The van der Waals surface area contributed by atoms with Crippen LogP contribution in [0.15, 0.2) is 46.6 Å². The normalized spacial score (nSPS) is 10.9. The highest BCUT2D eigenvalue weighted by Gasteiger charge is 2.08. The molecule has 0 aromatic heterocycles. The van der Waals surface area contributed by atoms with Crippen molar-refractivity contribution in [3.05, 3.63) is 47.5 Å². The summed E-state index contributed by atoms with van der Waals surface area (Å²) in [6.07, 6.45) is 2.33. The van der Waals surface area contributed by atoms with Crippen molar-refractivity contribution >= 4 is 24.2 Å². The van der Waals surface area contributed by atoms with Crippen LogP contribution < -0.4 is 20.3 Å². The Morgan fingerprint density at radius 2 is 1.22 bits per heavy atom. The van der Waals surface area contributed by atoms with Gasteiger partial charge in [-0.05, 0) is 38.1 Å². The second-order valence-electron chi connectivity index (χ2n) is 6.34. The second-order valence-corrected chi connectivity index (χ2v) is 6.34. The summed E-state index contributed by atoms with van der Waals surface area (Å²) >= 11 is 0. The van der Waals surface area contributed by atoms with Crippen LogP contribution in [0, 0.1) is 0 Å². The van der Waals surface area contributed by atoms with Gasteiger partial charge in [0.1, 0.15) is 0 Å². The lowest BCUT2D eigenvalue weighted by atomic mass is 10.2. The number of rotatable bonds is 11. The summed E-state index contributed by atoms with van der Waals surface area (Å²) in [5.74, 6) is -0.494. The summed E-state index contributed by atoms with van der Waals surface area (Å²) in [5, 5.41) is 27.7. The molecule has 32 heavy (non-hydrogen) atoms. The SMILES string of the molecule is CCOc1cccc(/C=N/NC(=O)CCC(=O)N/N=C/c2cccc(OCC)c2O)c1O. The minimum Gasteiger partial charge on any atom is -0.504 e. The molecule has 10 nitrogen and oxygen atoms in total. The Morgan fingerprint density at radius 3 is 1.59 bits per heavy atom. The van der Waals surface area contributed by atoms with Crippen molar-refractivity contribution in [2.75, 3.05) is 13.2 Å². The number of hydrogen-bond donors (Lipinski definition) is 4. The van der Waals surface area contributed by atoms with Crippen LogP contribution in [-0.4, -0.2) is 47.7 Å². The van der Waals surface area contributed by atoms with Gasteiger partial charge < -0.3 is 19.7 Å². The fourth-order valence-electron chi connectivity index (χ4n) is 2.52. The minimum absolute atomic E-state index is 0.0811. The number of aromatic hydroxyl groups is 2. The molecule has 0 heterocycles. The molecule has 0 saturated heterocycles. The maximum Gasteiger partial charge on any atom is 0.240 e. The maximum atomic E-state index is 11.9. The van der Waals surface area contributed by atoms with Crippen LogP contribution in [0.1, 0.15) is 37.8 Å². The van der Waals surface area contributed by atoms with Gasteiger partial charge in [0.2, 0.25) is 11.8 Å². The molecule has 0 unspecified atom stereocenters. The van der Waals surface area contributed by atoms with Gasteiger partial charge in [0.25, 0.3) is 0 Å². The molecule has 0 fully saturated rings. The molecular formula is C22H26N4O6. The first-order valence-corrected chi connectivity index (χ1v) is 9.99. The van der Waals surface area contributed by atoms with Gasteiger partial charge in [-0.25, -0.2) is 10.9 Å². The molecule has 0 aliphatic rings. The van der Waals surface area contributed by atoms with Gasteiger partial charge in [0, 0.05) is 24.0 Å². The van der Waals surface area contributed by atoms with Crippen molar-refractivity contribution in [1.29, 1.82) is 0 Å². The molecule has 2 aromatic rings. The number of carbonyl (C=O) groups excluding carboxylic acids is 2. The van der Waals surface area contributed by atoms with E-state index >= 15 is 0 Å². The summed E-state index contributed by atoms with van der Waals surface area (Å²) in [6, 6.07) is 9.83. The van der Waals surface area contributed by atoms with Crippen LogP contribution in [0.3, 0.4) is 0 Å². The van der Waals surface area contributed by atoms with Gasteiger partial charge in [-0.1, -0.05) is 12.1 Å². The van der Waals surface area contributed by atoms with E-state index in [1.54, 1.807) is 50.2 Å². The van der Waals surface area contributed by atoms with Gasteiger partial charge in [-0.2, -0.15) is 10.2 Å². The highest BCUT2D eigenvalue weighted by Crippen LogP contribution is 2.29. The van der Waals surface area contributed by atoms with Crippen molar-refractivity contribution < 1.29 is 29.3 Å². The molecule has 0 aliphatic heterocycles. The third kappa shape index (κ3) is 7.31. The Balaban J connectivity index is 1.78. The van der Waals surface area contributed by atoms with Crippen molar-refractivity contribution in [2.24, 2.45) is 10.2 Å². The molecule has 170 valence electrons. The van der Waals surface area contributed by atoms with E-state index in [0.717, 1.165) is 0 Å². The molecule has 2 aromatic carbocycles. The first-order chi connectivity index (χ1) is 15.5. The van der Waals surface area contributed by atoms with E-state index in [-0.39, 0.29) is 24.3 Å². The summed E-state index contributed by atoms with van der Waals surface area (Å²) in [5.41, 5.74) is 5.32. The van der Waals surface area contributed by atoms with Gasteiger partial charge in [-0.3, -0.25) is 9.59 Å². The van der Waals surface area contributed by atoms with E-state index in [0.29, 0.717) is 35.8 Å². The van der Waals surface area contributed by atoms with Gasteiger partial charge in [-0.15, -0.1) is 0 Å². The number of para-hydroxylation sites is 2. The zero-order valence-corrected chi connectivity index (χ0v) is 17.9. The van der Waals surface area contributed by atoms with E-state index in [4.69, 9.17) is 9.47 Å². The molecule has 4 N–H and O–H groups in total. The van der Waals surface area contributed by atoms with E-state index in [1.807, 2.05) is 0 Å². The van der Waals surface area contributed by atoms with Crippen LogP contribution in [-0.2, 0) is 9.59 Å². The maximum absolute atomic E-state index is 11.9. The van der Waals surface area contributed by atoms with Crippen LogP contribution in [0.4, 0.5) is 0 Å². The smallest absolute Gasteiger partial charge is 0.240 e. The highest BCUT2D eigenvalue weighted by atomic mass is 16.5. The molecule has 10 heteroatoms. The van der Waals surface area contributed by atoms with Crippen LogP contribution >= 0.6 is 0 Å². The molecule has 0 spiro atoms. The number of phenolic OH excluding ortho intramolecular Hbond substituents is 2. The Kier molecular flexibility index (Phi) is 9.51. The van der Waals surface area contributed by atoms with Crippen LogP contribution in [0.2, 0.25) is 0 Å².